The van der Waals surface area contributed by atoms with Crippen molar-refractivity contribution in [3.63, 3.8) is 0 Å². The Bertz CT molecular complexity index is 710. The quantitative estimate of drug-likeness (QED) is 0.711. The first kappa shape index (κ1) is 12.4. The number of nitrogens with one attached hydrogen (secondary N) is 1. The summed E-state index contributed by atoms with van der Waals surface area (Å²) in [5, 5.41) is 5.51. The molecular formula is C16H16N4. The molecule has 0 aliphatic heterocycles. The van der Waals surface area contributed by atoms with Crippen molar-refractivity contribution in [2.24, 2.45) is 0 Å². The second-order valence-electron chi connectivity index (χ2n) is 4.62. The largest absolute Gasteiger partial charge is 0.398 e. The van der Waals surface area contributed by atoms with Gasteiger partial charge in [-0.2, -0.15) is 0 Å². The molecule has 3 aromatic rings. The van der Waals surface area contributed by atoms with Crippen molar-refractivity contribution in [1.29, 1.82) is 0 Å². The fourth-order valence-electron chi connectivity index (χ4n) is 2.24. The van der Waals surface area contributed by atoms with E-state index in [1.165, 1.54) is 0 Å². The average Bonchev–Trinajstić information content (AvgIpc) is 2.51. The summed E-state index contributed by atoms with van der Waals surface area (Å²) in [5.41, 5.74) is 8.89. The maximum Gasteiger partial charge on any atom is 0.0437 e. The molecule has 0 bridgehead atoms. The Morgan fingerprint density at radius 2 is 1.95 bits per heavy atom. The van der Waals surface area contributed by atoms with Crippen LogP contribution in [0.3, 0.4) is 0 Å². The second kappa shape index (κ2) is 5.57. The van der Waals surface area contributed by atoms with Gasteiger partial charge in [-0.15, -0.1) is 0 Å². The van der Waals surface area contributed by atoms with E-state index in [0.29, 0.717) is 0 Å². The van der Waals surface area contributed by atoms with Crippen molar-refractivity contribution in [3.8, 4) is 0 Å². The molecule has 3 N–H and O–H groups in total. The lowest BCUT2D eigenvalue weighted by atomic mass is 10.1. The number of hydrogen-bond acceptors (Lipinski definition) is 4. The molecule has 0 unspecified atom stereocenters. The number of pyridine rings is 2. The topological polar surface area (TPSA) is 63.8 Å². The summed E-state index contributed by atoms with van der Waals surface area (Å²) in [5.74, 6) is 0. The van der Waals surface area contributed by atoms with Gasteiger partial charge in [0.15, 0.2) is 0 Å². The summed E-state index contributed by atoms with van der Waals surface area (Å²) in [6, 6.07) is 11.8. The van der Waals surface area contributed by atoms with E-state index in [1.54, 1.807) is 6.20 Å². The van der Waals surface area contributed by atoms with E-state index < -0.39 is 0 Å². The minimum atomic E-state index is 0.776. The highest BCUT2D eigenvalue weighted by atomic mass is 14.9. The SMILES string of the molecule is Nc1ccc(NCCc2ccccn2)c2cnccc12. The van der Waals surface area contributed by atoms with Crippen LogP contribution in [-0.4, -0.2) is 16.5 Å². The van der Waals surface area contributed by atoms with Crippen LogP contribution in [0.5, 0.6) is 0 Å². The predicted molar refractivity (Wildman–Crippen MR) is 82.6 cm³/mol. The third-order valence-electron chi connectivity index (χ3n) is 3.27. The van der Waals surface area contributed by atoms with Gasteiger partial charge in [-0.25, -0.2) is 0 Å². The van der Waals surface area contributed by atoms with Gasteiger partial charge in [0.05, 0.1) is 0 Å². The predicted octanol–water partition coefficient (Wildman–Crippen LogP) is 2.87. The van der Waals surface area contributed by atoms with E-state index in [4.69, 9.17) is 5.73 Å². The minimum absolute atomic E-state index is 0.776. The molecule has 0 radical (unpaired) electrons. The summed E-state index contributed by atoms with van der Waals surface area (Å²) in [6.07, 6.45) is 6.30. The van der Waals surface area contributed by atoms with E-state index >= 15 is 0 Å². The molecule has 3 rings (SSSR count). The van der Waals surface area contributed by atoms with Gasteiger partial charge in [0, 0.05) is 59.4 Å². The number of benzene rings is 1. The Morgan fingerprint density at radius 1 is 1.00 bits per heavy atom. The van der Waals surface area contributed by atoms with Crippen LogP contribution in [0.2, 0.25) is 0 Å². The summed E-state index contributed by atoms with van der Waals surface area (Å²) >= 11 is 0. The Hall–Kier alpha value is -2.62. The highest BCUT2D eigenvalue weighted by Gasteiger charge is 2.03. The highest BCUT2D eigenvalue weighted by Crippen LogP contribution is 2.27. The molecule has 20 heavy (non-hydrogen) atoms. The monoisotopic (exact) mass is 264 g/mol. The number of anilines is 2. The molecule has 0 spiro atoms. The molecule has 1 aromatic carbocycles. The van der Waals surface area contributed by atoms with Crippen LogP contribution < -0.4 is 11.1 Å². The normalized spacial score (nSPS) is 10.6. The zero-order valence-corrected chi connectivity index (χ0v) is 11.1. The lowest BCUT2D eigenvalue weighted by Gasteiger charge is -2.10. The Morgan fingerprint density at radius 3 is 2.80 bits per heavy atom. The molecule has 0 atom stereocenters. The number of aromatic nitrogens is 2. The third kappa shape index (κ3) is 2.54. The maximum atomic E-state index is 5.98. The van der Waals surface area contributed by atoms with Crippen LogP contribution in [-0.2, 0) is 6.42 Å². The Kier molecular flexibility index (Phi) is 3.46. The first-order valence-corrected chi connectivity index (χ1v) is 6.60. The van der Waals surface area contributed by atoms with Gasteiger partial charge in [0.1, 0.15) is 0 Å². The third-order valence-corrected chi connectivity index (χ3v) is 3.27. The number of hydrogen-bond donors (Lipinski definition) is 2. The fraction of sp³-hybridized carbons (Fsp3) is 0.125. The smallest absolute Gasteiger partial charge is 0.0437 e. The first-order chi connectivity index (χ1) is 9.84. The Labute approximate surface area is 117 Å². The van der Waals surface area contributed by atoms with Crippen molar-refractivity contribution in [3.05, 3.63) is 60.7 Å². The van der Waals surface area contributed by atoms with Gasteiger partial charge >= 0.3 is 0 Å². The van der Waals surface area contributed by atoms with Crippen LogP contribution in [0.25, 0.3) is 10.8 Å². The molecule has 0 saturated carbocycles. The van der Waals surface area contributed by atoms with Gasteiger partial charge < -0.3 is 11.1 Å². The van der Waals surface area contributed by atoms with E-state index in [9.17, 15) is 0 Å². The zero-order chi connectivity index (χ0) is 13.8. The van der Waals surface area contributed by atoms with Gasteiger partial charge in [0.2, 0.25) is 0 Å². The standard InChI is InChI=1S/C16H16N4/c17-15-4-5-16(14-11-18-9-7-13(14)15)20-10-6-12-3-1-2-8-19-12/h1-5,7-9,11,20H,6,10,17H2. The van der Waals surface area contributed by atoms with Gasteiger partial charge in [0.25, 0.3) is 0 Å². The molecular weight excluding hydrogens is 248 g/mol. The zero-order valence-electron chi connectivity index (χ0n) is 11.1. The molecule has 2 aromatic heterocycles. The van der Waals surface area contributed by atoms with E-state index in [0.717, 1.165) is 40.8 Å². The number of rotatable bonds is 4. The van der Waals surface area contributed by atoms with Crippen LogP contribution in [0, 0.1) is 0 Å². The number of nitrogen functional groups attached to an aromatic ring is 1. The minimum Gasteiger partial charge on any atom is -0.398 e. The molecule has 0 fully saturated rings. The molecule has 0 aliphatic rings. The lowest BCUT2D eigenvalue weighted by molar-refractivity contribution is 0.963. The molecule has 2 heterocycles. The average molecular weight is 264 g/mol. The number of fused-ring (bicyclic) bond motifs is 1. The van der Waals surface area contributed by atoms with Gasteiger partial charge in [-0.05, 0) is 30.3 Å². The molecule has 4 heteroatoms. The summed E-state index contributed by atoms with van der Waals surface area (Å²) in [7, 11) is 0. The molecule has 0 aliphatic carbocycles. The van der Waals surface area contributed by atoms with Crippen LogP contribution in [0.15, 0.2) is 55.0 Å². The summed E-state index contributed by atoms with van der Waals surface area (Å²) < 4.78 is 0. The first-order valence-electron chi connectivity index (χ1n) is 6.60. The maximum absolute atomic E-state index is 5.98. The van der Waals surface area contributed by atoms with E-state index in [1.807, 2.05) is 48.8 Å². The van der Waals surface area contributed by atoms with E-state index in [2.05, 4.69) is 15.3 Å². The molecule has 100 valence electrons. The van der Waals surface area contributed by atoms with Crippen molar-refractivity contribution < 1.29 is 0 Å². The summed E-state index contributed by atoms with van der Waals surface area (Å²) in [6.45, 7) is 0.824. The van der Waals surface area contributed by atoms with Gasteiger partial charge in [-0.1, -0.05) is 6.07 Å². The Balaban J connectivity index is 1.77. The fourth-order valence-corrected chi connectivity index (χ4v) is 2.24. The van der Waals surface area contributed by atoms with Crippen molar-refractivity contribution >= 4 is 22.1 Å². The van der Waals surface area contributed by atoms with Crippen LogP contribution >= 0.6 is 0 Å². The highest BCUT2D eigenvalue weighted by molar-refractivity contribution is 6.00. The van der Waals surface area contributed by atoms with E-state index in [-0.39, 0.29) is 0 Å². The number of nitrogens with two attached hydrogens (primary N) is 1. The van der Waals surface area contributed by atoms with Crippen LogP contribution in [0.4, 0.5) is 11.4 Å². The van der Waals surface area contributed by atoms with Gasteiger partial charge in [-0.3, -0.25) is 9.97 Å². The van der Waals surface area contributed by atoms with Crippen molar-refractivity contribution in [1.82, 2.24) is 9.97 Å². The lowest BCUT2D eigenvalue weighted by Crippen LogP contribution is -2.06. The second-order valence-corrected chi connectivity index (χ2v) is 4.62. The number of nitrogens with zero attached hydrogens (tertiary/aromatic N) is 2. The molecule has 0 saturated heterocycles. The summed E-state index contributed by atoms with van der Waals surface area (Å²) in [4.78, 5) is 8.49. The van der Waals surface area contributed by atoms with Crippen LogP contribution in [0.1, 0.15) is 5.69 Å². The molecule has 0 amide bonds. The molecule has 4 nitrogen and oxygen atoms in total. The van der Waals surface area contributed by atoms with Crippen molar-refractivity contribution in [2.75, 3.05) is 17.6 Å². The van der Waals surface area contributed by atoms with Crippen molar-refractivity contribution in [2.45, 2.75) is 6.42 Å².